The first-order valence-corrected chi connectivity index (χ1v) is 15.8. The van der Waals surface area contributed by atoms with Gasteiger partial charge in [-0.1, -0.05) is 25.3 Å². The van der Waals surface area contributed by atoms with Crippen molar-refractivity contribution in [2.75, 3.05) is 21.2 Å². The third kappa shape index (κ3) is 4.77. The van der Waals surface area contributed by atoms with E-state index >= 15 is 0 Å². The summed E-state index contributed by atoms with van der Waals surface area (Å²) in [6.07, 6.45) is 6.69. The molecule has 2 N–H and O–H groups in total. The highest BCUT2D eigenvalue weighted by Gasteiger charge is 2.62. The van der Waals surface area contributed by atoms with Crippen LogP contribution >= 0.6 is 0 Å². The number of methoxy groups -OCH3 is 1. The van der Waals surface area contributed by atoms with Crippen LogP contribution < -0.4 is 14.8 Å². The lowest BCUT2D eigenvalue weighted by Gasteiger charge is -2.24. The molecule has 0 spiro atoms. The van der Waals surface area contributed by atoms with E-state index in [1.54, 1.807) is 21.2 Å². The SMILES string of the molecule is COc1ccc2c(c1)C1CC1(C(=O)NC(C)C)Cn1c-2c(C2CCCCC2)c2ccc(C(=O)NS(=O)N(C)C)cc21. The lowest BCUT2D eigenvalue weighted by Crippen LogP contribution is -2.39. The topological polar surface area (TPSA) is 92.7 Å². The molecule has 3 aliphatic rings. The number of aromatic nitrogens is 1. The van der Waals surface area contributed by atoms with Crippen LogP contribution in [0.1, 0.15) is 85.7 Å². The summed E-state index contributed by atoms with van der Waals surface area (Å²) in [4.78, 5) is 27.0. The van der Waals surface area contributed by atoms with E-state index in [0.29, 0.717) is 18.0 Å². The molecule has 6 rings (SSSR count). The van der Waals surface area contributed by atoms with E-state index in [2.05, 4.69) is 32.8 Å². The Hall–Kier alpha value is -3.17. The quantitative estimate of drug-likeness (QED) is 0.402. The first-order valence-electron chi connectivity index (χ1n) is 14.7. The normalized spacial score (nSPS) is 22.5. The van der Waals surface area contributed by atoms with Gasteiger partial charge in [0.25, 0.3) is 5.91 Å². The van der Waals surface area contributed by atoms with Crippen molar-refractivity contribution in [3.63, 3.8) is 0 Å². The minimum Gasteiger partial charge on any atom is -0.497 e. The molecule has 41 heavy (non-hydrogen) atoms. The molecule has 3 aromatic rings. The molecule has 9 heteroatoms. The number of nitrogens with zero attached hydrogens (tertiary/aromatic N) is 2. The zero-order valence-electron chi connectivity index (χ0n) is 24.6. The van der Waals surface area contributed by atoms with Crippen LogP contribution in [0, 0.1) is 5.41 Å². The van der Waals surface area contributed by atoms with Crippen LogP contribution in [-0.2, 0) is 22.5 Å². The molecule has 0 radical (unpaired) electrons. The Morgan fingerprint density at radius 3 is 2.54 bits per heavy atom. The number of ether oxygens (including phenoxy) is 1. The third-order valence-electron chi connectivity index (χ3n) is 9.17. The van der Waals surface area contributed by atoms with Crippen LogP contribution in [0.15, 0.2) is 36.4 Å². The van der Waals surface area contributed by atoms with Crippen molar-refractivity contribution in [1.82, 2.24) is 18.9 Å². The predicted molar refractivity (Wildman–Crippen MR) is 162 cm³/mol. The Kier molecular flexibility index (Phi) is 7.22. The number of benzene rings is 2. The molecule has 0 bridgehead atoms. The van der Waals surface area contributed by atoms with Crippen molar-refractivity contribution in [3.05, 3.63) is 53.1 Å². The van der Waals surface area contributed by atoms with E-state index < -0.39 is 16.6 Å². The number of rotatable bonds is 7. The summed E-state index contributed by atoms with van der Waals surface area (Å²) in [6, 6.07) is 12.2. The summed E-state index contributed by atoms with van der Waals surface area (Å²) in [6.45, 7) is 4.54. The van der Waals surface area contributed by atoms with Crippen LogP contribution in [0.25, 0.3) is 22.2 Å². The molecule has 1 aromatic heterocycles. The summed E-state index contributed by atoms with van der Waals surface area (Å²) in [5.41, 5.74) is 5.66. The second kappa shape index (κ2) is 10.6. The van der Waals surface area contributed by atoms with Crippen molar-refractivity contribution in [2.45, 2.75) is 76.8 Å². The van der Waals surface area contributed by atoms with Gasteiger partial charge in [-0.05, 0) is 80.5 Å². The van der Waals surface area contributed by atoms with Gasteiger partial charge in [-0.2, -0.15) is 0 Å². The van der Waals surface area contributed by atoms with Crippen molar-refractivity contribution in [2.24, 2.45) is 5.41 Å². The van der Waals surface area contributed by atoms with Crippen LogP contribution in [-0.4, -0.2) is 52.1 Å². The van der Waals surface area contributed by atoms with Crippen LogP contribution in [0.3, 0.4) is 0 Å². The molecule has 3 unspecified atom stereocenters. The maximum absolute atomic E-state index is 13.8. The number of nitrogens with one attached hydrogen (secondary N) is 2. The van der Waals surface area contributed by atoms with Gasteiger partial charge in [0.05, 0.1) is 18.2 Å². The van der Waals surface area contributed by atoms with Gasteiger partial charge in [-0.3, -0.25) is 14.3 Å². The second-order valence-electron chi connectivity index (χ2n) is 12.4. The lowest BCUT2D eigenvalue weighted by molar-refractivity contribution is -0.127. The van der Waals surface area contributed by atoms with Crippen molar-refractivity contribution < 1.29 is 18.5 Å². The monoisotopic (exact) mass is 576 g/mol. The highest BCUT2D eigenvalue weighted by atomic mass is 32.2. The fourth-order valence-electron chi connectivity index (χ4n) is 7.08. The maximum atomic E-state index is 13.8. The van der Waals surface area contributed by atoms with E-state index in [0.717, 1.165) is 41.5 Å². The average molecular weight is 577 g/mol. The minimum absolute atomic E-state index is 0.0395. The van der Waals surface area contributed by atoms with E-state index in [-0.39, 0.29) is 23.8 Å². The number of hydrogen-bond donors (Lipinski definition) is 2. The summed E-state index contributed by atoms with van der Waals surface area (Å²) in [5.74, 6) is 0.993. The molecule has 8 nitrogen and oxygen atoms in total. The molecule has 218 valence electrons. The smallest absolute Gasteiger partial charge is 0.264 e. The number of carbonyl (C=O) groups excluding carboxylic acids is 2. The number of carbonyl (C=O) groups is 2. The van der Waals surface area contributed by atoms with Gasteiger partial charge in [-0.15, -0.1) is 0 Å². The molecule has 2 aliphatic carbocycles. The molecule has 2 fully saturated rings. The van der Waals surface area contributed by atoms with E-state index in [1.165, 1.54) is 40.4 Å². The number of hydrogen-bond acceptors (Lipinski definition) is 4. The Morgan fingerprint density at radius 2 is 1.85 bits per heavy atom. The summed E-state index contributed by atoms with van der Waals surface area (Å²) in [7, 11) is 5.00. The zero-order valence-corrected chi connectivity index (χ0v) is 25.4. The maximum Gasteiger partial charge on any atom is 0.264 e. The standard InChI is InChI=1S/C32H40N4O4S/c1-19(2)33-31(38)32-17-26(32)25-16-22(40-5)12-14-23(25)29-28(20-9-7-6-8-10-20)24-13-11-21(15-27(24)36(29)18-32)30(37)34-41(39)35(3)4/h11-16,19-20,26H,6-10,17-18H2,1-5H3,(H,33,38)(H,34,37). The Bertz CT molecular complexity index is 1550. The first-order chi connectivity index (χ1) is 19.6. The van der Waals surface area contributed by atoms with Gasteiger partial charge in [0.15, 0.2) is 11.2 Å². The Balaban J connectivity index is 1.59. The second-order valence-corrected chi connectivity index (χ2v) is 13.8. The number of amides is 2. The van der Waals surface area contributed by atoms with Crippen LogP contribution in [0.2, 0.25) is 0 Å². The van der Waals surface area contributed by atoms with Gasteiger partial charge in [-0.25, -0.2) is 8.51 Å². The van der Waals surface area contributed by atoms with E-state index in [1.807, 2.05) is 32.0 Å². The predicted octanol–water partition coefficient (Wildman–Crippen LogP) is 5.25. The fourth-order valence-corrected chi connectivity index (χ4v) is 7.54. The van der Waals surface area contributed by atoms with E-state index in [4.69, 9.17) is 4.74 Å². The largest absolute Gasteiger partial charge is 0.497 e. The van der Waals surface area contributed by atoms with E-state index in [9.17, 15) is 13.8 Å². The molecular weight excluding hydrogens is 536 g/mol. The molecule has 2 amide bonds. The van der Waals surface area contributed by atoms with Crippen LogP contribution in [0.5, 0.6) is 5.75 Å². The van der Waals surface area contributed by atoms with Crippen molar-refractivity contribution in [1.29, 1.82) is 0 Å². The number of fused-ring (bicyclic) bond motifs is 7. The Labute approximate surface area is 244 Å². The van der Waals surface area contributed by atoms with Gasteiger partial charge in [0.1, 0.15) is 5.75 Å². The van der Waals surface area contributed by atoms with Gasteiger partial charge in [0, 0.05) is 54.6 Å². The zero-order chi connectivity index (χ0) is 29.1. The summed E-state index contributed by atoms with van der Waals surface area (Å²) >= 11 is -1.63. The van der Waals surface area contributed by atoms with Gasteiger partial charge >= 0.3 is 0 Å². The summed E-state index contributed by atoms with van der Waals surface area (Å²) < 4.78 is 24.4. The first kappa shape index (κ1) is 28.0. The highest BCUT2D eigenvalue weighted by molar-refractivity contribution is 7.81. The third-order valence-corrected chi connectivity index (χ3v) is 10.2. The highest BCUT2D eigenvalue weighted by Crippen LogP contribution is 2.65. The molecule has 3 atom stereocenters. The fraction of sp³-hybridized carbons (Fsp3) is 0.500. The molecule has 2 aromatic carbocycles. The van der Waals surface area contributed by atoms with Crippen molar-refractivity contribution >= 4 is 33.9 Å². The molecule has 2 heterocycles. The molecule has 2 saturated carbocycles. The van der Waals surface area contributed by atoms with Gasteiger partial charge < -0.3 is 14.6 Å². The average Bonchev–Trinajstić information content (AvgIpc) is 3.63. The van der Waals surface area contributed by atoms with Gasteiger partial charge in [0.2, 0.25) is 5.91 Å². The molecule has 0 saturated heterocycles. The van der Waals surface area contributed by atoms with Crippen molar-refractivity contribution in [3.8, 4) is 17.0 Å². The lowest BCUT2D eigenvalue weighted by atomic mass is 9.81. The molecular formula is C32H40N4O4S. The molecule has 1 aliphatic heterocycles. The summed E-state index contributed by atoms with van der Waals surface area (Å²) in [5, 5.41) is 4.34. The Morgan fingerprint density at radius 1 is 1.10 bits per heavy atom. The minimum atomic E-state index is -1.63. The van der Waals surface area contributed by atoms with Crippen LogP contribution in [0.4, 0.5) is 0 Å².